The zero-order valence-electron chi connectivity index (χ0n) is 10.8. The average molecular weight is 276 g/mol. The first-order valence-electron chi connectivity index (χ1n) is 6.04. The van der Waals surface area contributed by atoms with Crippen LogP contribution in [-0.4, -0.2) is 67.4 Å². The van der Waals surface area contributed by atoms with Crippen molar-refractivity contribution < 1.29 is 19.3 Å². The molecule has 0 aromatic carbocycles. The summed E-state index contributed by atoms with van der Waals surface area (Å²) >= 11 is 1.51. The molecule has 0 spiro atoms. The molecule has 0 aromatic rings. The van der Waals surface area contributed by atoms with Gasteiger partial charge in [-0.15, -0.1) is 0 Å². The van der Waals surface area contributed by atoms with Gasteiger partial charge in [-0.25, -0.2) is 0 Å². The number of amidine groups is 1. The van der Waals surface area contributed by atoms with E-state index in [0.29, 0.717) is 13.2 Å². The molecule has 6 nitrogen and oxygen atoms in total. The number of methoxy groups -OCH3 is 2. The van der Waals surface area contributed by atoms with Crippen LogP contribution >= 0.6 is 11.8 Å². The monoisotopic (exact) mass is 276 g/mol. The molecule has 0 bridgehead atoms. The topological polar surface area (TPSA) is 72.3 Å². The largest absolute Gasteiger partial charge is 0.388 e. The van der Waals surface area contributed by atoms with E-state index in [1.165, 1.54) is 11.8 Å². The van der Waals surface area contributed by atoms with Crippen LogP contribution < -0.4 is 5.32 Å². The predicted octanol–water partition coefficient (Wildman–Crippen LogP) is -0.185. The summed E-state index contributed by atoms with van der Waals surface area (Å²) in [6.45, 7) is 3.08. The number of hydrogen-bond acceptors (Lipinski definition) is 6. The van der Waals surface area contributed by atoms with Crippen LogP contribution in [0.2, 0.25) is 0 Å². The minimum Gasteiger partial charge on any atom is -0.388 e. The van der Waals surface area contributed by atoms with Gasteiger partial charge in [0.15, 0.2) is 5.17 Å². The lowest BCUT2D eigenvalue weighted by Gasteiger charge is -2.40. The van der Waals surface area contributed by atoms with E-state index < -0.39 is 6.10 Å². The Kier molecular flexibility index (Phi) is 4.85. The Morgan fingerprint density at radius 2 is 2.28 bits per heavy atom. The molecule has 2 N–H and O–H groups in total. The molecule has 2 saturated heterocycles. The van der Waals surface area contributed by atoms with E-state index in [0.717, 1.165) is 5.17 Å². The van der Waals surface area contributed by atoms with Crippen LogP contribution in [0.5, 0.6) is 0 Å². The Balaban J connectivity index is 2.10. The molecule has 5 unspecified atom stereocenters. The molecule has 2 aliphatic heterocycles. The summed E-state index contributed by atoms with van der Waals surface area (Å²) < 4.78 is 16.3. The summed E-state index contributed by atoms with van der Waals surface area (Å²) in [7, 11) is 3.18. The van der Waals surface area contributed by atoms with Crippen molar-refractivity contribution in [1.29, 1.82) is 0 Å². The molecule has 2 fully saturated rings. The lowest BCUT2D eigenvalue weighted by Crippen LogP contribution is -2.60. The smallest absolute Gasteiger partial charge is 0.159 e. The third-order valence-corrected chi connectivity index (χ3v) is 4.20. The zero-order valence-corrected chi connectivity index (χ0v) is 11.6. The molecule has 0 aromatic heterocycles. The molecule has 0 aliphatic carbocycles. The minimum atomic E-state index is -0.633. The van der Waals surface area contributed by atoms with Crippen molar-refractivity contribution in [1.82, 2.24) is 5.32 Å². The number of aliphatic imine (C=N–C) groups is 1. The first kappa shape index (κ1) is 14.1. The molecule has 0 saturated carbocycles. The van der Waals surface area contributed by atoms with E-state index in [2.05, 4.69) is 10.3 Å². The van der Waals surface area contributed by atoms with Crippen molar-refractivity contribution in [2.45, 2.75) is 36.7 Å². The number of hydrogen-bond donors (Lipinski definition) is 2. The number of nitrogens with one attached hydrogen (secondary N) is 1. The molecule has 2 aliphatic rings. The molecular weight excluding hydrogens is 256 g/mol. The Hall–Kier alpha value is -0.340. The van der Waals surface area contributed by atoms with Gasteiger partial charge in [-0.05, 0) is 6.92 Å². The van der Waals surface area contributed by atoms with Crippen molar-refractivity contribution in [3.8, 4) is 0 Å². The highest BCUT2D eigenvalue weighted by Gasteiger charge is 2.49. The van der Waals surface area contributed by atoms with Gasteiger partial charge in [0.05, 0.1) is 12.6 Å². The predicted molar refractivity (Wildman–Crippen MR) is 69.8 cm³/mol. The number of thioether (sulfide) groups is 1. The number of fused-ring (bicyclic) bond motifs is 1. The molecule has 2 rings (SSSR count). The summed E-state index contributed by atoms with van der Waals surface area (Å²) in [4.78, 5) is 4.31. The van der Waals surface area contributed by atoms with Gasteiger partial charge in [-0.3, -0.25) is 4.99 Å². The highest BCUT2D eigenvalue weighted by Crippen LogP contribution is 2.34. The molecular formula is C11H20N2O4S. The van der Waals surface area contributed by atoms with Crippen LogP contribution in [-0.2, 0) is 14.2 Å². The van der Waals surface area contributed by atoms with Crippen molar-refractivity contribution in [2.75, 3.05) is 27.4 Å². The van der Waals surface area contributed by atoms with Crippen molar-refractivity contribution in [3.05, 3.63) is 0 Å². The van der Waals surface area contributed by atoms with Crippen LogP contribution in [0.4, 0.5) is 0 Å². The van der Waals surface area contributed by atoms with Crippen LogP contribution in [0.15, 0.2) is 4.99 Å². The average Bonchev–Trinajstić information content (AvgIpc) is 2.73. The highest BCUT2D eigenvalue weighted by molar-refractivity contribution is 8.14. The fourth-order valence-electron chi connectivity index (χ4n) is 2.28. The van der Waals surface area contributed by atoms with E-state index in [1.807, 2.05) is 6.92 Å². The maximum Gasteiger partial charge on any atom is 0.159 e. The summed E-state index contributed by atoms with van der Waals surface area (Å²) in [5.74, 6) is 0. The lowest BCUT2D eigenvalue weighted by atomic mass is 9.98. The van der Waals surface area contributed by atoms with E-state index in [4.69, 9.17) is 14.2 Å². The number of aliphatic hydroxyl groups is 1. The van der Waals surface area contributed by atoms with Crippen molar-refractivity contribution in [2.24, 2.45) is 4.99 Å². The van der Waals surface area contributed by atoms with Crippen molar-refractivity contribution in [3.63, 3.8) is 0 Å². The van der Waals surface area contributed by atoms with Crippen LogP contribution in [0.3, 0.4) is 0 Å². The van der Waals surface area contributed by atoms with Crippen LogP contribution in [0.25, 0.3) is 0 Å². The highest BCUT2D eigenvalue weighted by atomic mass is 32.2. The summed E-state index contributed by atoms with van der Waals surface area (Å²) in [5, 5.41) is 14.3. The lowest BCUT2D eigenvalue weighted by molar-refractivity contribution is -0.180. The summed E-state index contributed by atoms with van der Waals surface area (Å²) in [6.07, 6.45) is -1.28. The van der Waals surface area contributed by atoms with Gasteiger partial charge in [0.2, 0.25) is 0 Å². The maximum atomic E-state index is 10.3. The second-order valence-electron chi connectivity index (χ2n) is 4.26. The molecule has 7 heteroatoms. The standard InChI is InChI=1S/C11H20N2O4S/c1-4-12-11-13-7-8(14)9(16-3)6(5-15-2)17-10(7)18-11/h6-10,14H,4-5H2,1-3H3,(H,12,13). The second-order valence-corrected chi connectivity index (χ2v) is 5.34. The molecule has 5 atom stereocenters. The molecule has 0 amide bonds. The number of nitrogens with zero attached hydrogens (tertiary/aromatic N) is 1. The molecule has 0 radical (unpaired) electrons. The second kappa shape index (κ2) is 6.21. The third kappa shape index (κ3) is 2.65. The Bertz CT molecular complexity index is 315. The molecule has 2 heterocycles. The Labute approximate surface area is 111 Å². The quantitative estimate of drug-likeness (QED) is 0.742. The van der Waals surface area contributed by atoms with E-state index >= 15 is 0 Å². The van der Waals surface area contributed by atoms with Crippen molar-refractivity contribution >= 4 is 16.9 Å². The van der Waals surface area contributed by atoms with Gasteiger partial charge in [-0.2, -0.15) is 0 Å². The number of aliphatic hydroxyl groups excluding tert-OH is 1. The minimum absolute atomic E-state index is 0.142. The van der Waals surface area contributed by atoms with E-state index in [9.17, 15) is 5.11 Å². The first-order valence-corrected chi connectivity index (χ1v) is 6.92. The summed E-state index contributed by atoms with van der Waals surface area (Å²) in [6, 6.07) is -0.182. The van der Waals surface area contributed by atoms with Crippen LogP contribution in [0.1, 0.15) is 6.92 Å². The number of ether oxygens (including phenoxy) is 3. The maximum absolute atomic E-state index is 10.3. The van der Waals surface area contributed by atoms with Gasteiger partial charge in [0.1, 0.15) is 23.7 Å². The van der Waals surface area contributed by atoms with Crippen LogP contribution in [0, 0.1) is 0 Å². The first-order chi connectivity index (χ1) is 8.71. The van der Waals surface area contributed by atoms with Gasteiger partial charge < -0.3 is 24.6 Å². The normalized spacial score (nSPS) is 41.8. The zero-order chi connectivity index (χ0) is 13.1. The van der Waals surface area contributed by atoms with Gasteiger partial charge in [0.25, 0.3) is 0 Å². The SMILES string of the molecule is CCN=C1NC2C(OC(COC)C(OC)C2O)S1. The van der Waals surface area contributed by atoms with E-state index in [1.54, 1.807) is 14.2 Å². The Morgan fingerprint density at radius 1 is 1.50 bits per heavy atom. The van der Waals surface area contributed by atoms with Gasteiger partial charge >= 0.3 is 0 Å². The molecule has 18 heavy (non-hydrogen) atoms. The number of rotatable bonds is 4. The third-order valence-electron chi connectivity index (χ3n) is 3.10. The molecule has 104 valence electrons. The van der Waals surface area contributed by atoms with E-state index in [-0.39, 0.29) is 23.7 Å². The fourth-order valence-corrected chi connectivity index (χ4v) is 3.48. The Morgan fingerprint density at radius 3 is 2.89 bits per heavy atom. The summed E-state index contributed by atoms with van der Waals surface area (Å²) in [5.41, 5.74) is -0.142. The fraction of sp³-hybridized carbons (Fsp3) is 0.909. The van der Waals surface area contributed by atoms with Gasteiger partial charge in [0, 0.05) is 20.8 Å². The van der Waals surface area contributed by atoms with Gasteiger partial charge in [-0.1, -0.05) is 11.8 Å².